The molecule has 1 aromatic rings. The molecule has 8 heteroatoms. The van der Waals surface area contributed by atoms with E-state index in [1.54, 1.807) is 35.6 Å². The second-order valence-corrected chi connectivity index (χ2v) is 4.71. The van der Waals surface area contributed by atoms with Gasteiger partial charge in [-0.05, 0) is 41.6 Å². The van der Waals surface area contributed by atoms with Gasteiger partial charge in [-0.1, -0.05) is 0 Å². The van der Waals surface area contributed by atoms with Gasteiger partial charge in [-0.25, -0.2) is 0 Å². The Balaban J connectivity index is 3.26. The number of esters is 1. The number of hydrogen-bond donors (Lipinski definition) is 0. The summed E-state index contributed by atoms with van der Waals surface area (Å²) in [6.45, 7) is 1.67. The minimum atomic E-state index is -4.91. The SMILES string of the molecule is CCOC(=O)Cc1c(C#N)ccc(I)c1OC(F)(F)F. The fourth-order valence-electron chi connectivity index (χ4n) is 1.46. The highest BCUT2D eigenvalue weighted by molar-refractivity contribution is 14.1. The van der Waals surface area contributed by atoms with Crippen molar-refractivity contribution in [1.29, 1.82) is 5.26 Å². The quantitative estimate of drug-likeness (QED) is 0.577. The number of benzene rings is 1. The summed E-state index contributed by atoms with van der Waals surface area (Å²) < 4.78 is 45.9. The van der Waals surface area contributed by atoms with Crippen LogP contribution >= 0.6 is 22.6 Å². The van der Waals surface area contributed by atoms with Gasteiger partial charge >= 0.3 is 12.3 Å². The summed E-state index contributed by atoms with van der Waals surface area (Å²) >= 11 is 1.64. The summed E-state index contributed by atoms with van der Waals surface area (Å²) in [4.78, 5) is 11.4. The summed E-state index contributed by atoms with van der Waals surface area (Å²) in [5, 5.41) is 8.93. The summed E-state index contributed by atoms with van der Waals surface area (Å²) in [5.41, 5.74) is -0.187. The lowest BCUT2D eigenvalue weighted by Gasteiger charge is -2.15. The van der Waals surface area contributed by atoms with E-state index in [9.17, 15) is 18.0 Å². The zero-order valence-electron chi connectivity index (χ0n) is 10.3. The van der Waals surface area contributed by atoms with Gasteiger partial charge < -0.3 is 9.47 Å². The summed E-state index contributed by atoms with van der Waals surface area (Å²) in [6.07, 6.45) is -5.36. The van der Waals surface area contributed by atoms with Crippen LogP contribution in [-0.2, 0) is 16.0 Å². The number of hydrogen-bond acceptors (Lipinski definition) is 4. The van der Waals surface area contributed by atoms with E-state index in [0.717, 1.165) is 0 Å². The molecule has 0 heterocycles. The Morgan fingerprint density at radius 1 is 1.45 bits per heavy atom. The maximum absolute atomic E-state index is 12.4. The van der Waals surface area contributed by atoms with Crippen LogP contribution in [0, 0.1) is 14.9 Å². The van der Waals surface area contributed by atoms with Crippen LogP contribution in [0.3, 0.4) is 0 Å². The van der Waals surface area contributed by atoms with Gasteiger partial charge in [-0.2, -0.15) is 5.26 Å². The molecule has 0 radical (unpaired) electrons. The lowest BCUT2D eigenvalue weighted by molar-refractivity contribution is -0.275. The first-order valence-corrected chi connectivity index (χ1v) is 6.49. The fraction of sp³-hybridized carbons (Fsp3) is 0.333. The topological polar surface area (TPSA) is 59.3 Å². The number of nitriles is 1. The number of ether oxygens (including phenoxy) is 2. The van der Waals surface area contributed by atoms with E-state index in [-0.39, 0.29) is 21.3 Å². The van der Waals surface area contributed by atoms with Crippen molar-refractivity contribution in [2.24, 2.45) is 0 Å². The van der Waals surface area contributed by atoms with Crippen molar-refractivity contribution in [3.63, 3.8) is 0 Å². The van der Waals surface area contributed by atoms with Crippen molar-refractivity contribution in [2.45, 2.75) is 19.7 Å². The van der Waals surface area contributed by atoms with Crippen molar-refractivity contribution < 1.29 is 27.4 Å². The molecule has 0 fully saturated rings. The Morgan fingerprint density at radius 2 is 2.10 bits per heavy atom. The Hall–Kier alpha value is -1.50. The van der Waals surface area contributed by atoms with E-state index in [1.807, 2.05) is 0 Å². The Kier molecular flexibility index (Phi) is 5.62. The maximum Gasteiger partial charge on any atom is 0.573 e. The average molecular weight is 399 g/mol. The molecule has 0 aliphatic rings. The summed E-state index contributed by atoms with van der Waals surface area (Å²) in [5.74, 6) is -1.26. The molecule has 0 saturated heterocycles. The zero-order valence-corrected chi connectivity index (χ0v) is 12.4. The Labute approximate surface area is 126 Å². The van der Waals surface area contributed by atoms with E-state index in [4.69, 9.17) is 5.26 Å². The predicted octanol–water partition coefficient (Wildman–Crippen LogP) is 3.17. The molecule has 0 atom stereocenters. The fourth-order valence-corrected chi connectivity index (χ4v) is 2.08. The molecule has 20 heavy (non-hydrogen) atoms. The van der Waals surface area contributed by atoms with Gasteiger partial charge in [0.2, 0.25) is 0 Å². The third-order valence-corrected chi connectivity index (χ3v) is 3.03. The van der Waals surface area contributed by atoms with Crippen LogP contribution in [0.1, 0.15) is 18.1 Å². The van der Waals surface area contributed by atoms with Crippen LogP contribution in [0.25, 0.3) is 0 Å². The molecule has 0 N–H and O–H groups in total. The highest BCUT2D eigenvalue weighted by Gasteiger charge is 2.34. The lowest BCUT2D eigenvalue weighted by Crippen LogP contribution is -2.20. The minimum Gasteiger partial charge on any atom is -0.466 e. The molecule has 4 nitrogen and oxygen atoms in total. The molecule has 0 bridgehead atoms. The van der Waals surface area contributed by atoms with Crippen LogP contribution in [0.2, 0.25) is 0 Å². The number of halogens is 4. The number of carbonyl (C=O) groups is 1. The number of carbonyl (C=O) groups excluding carboxylic acids is 1. The largest absolute Gasteiger partial charge is 0.573 e. The van der Waals surface area contributed by atoms with Gasteiger partial charge in [0.15, 0.2) is 0 Å². The van der Waals surface area contributed by atoms with Crippen LogP contribution < -0.4 is 4.74 Å². The van der Waals surface area contributed by atoms with Crippen molar-refractivity contribution in [3.8, 4) is 11.8 Å². The molecule has 0 aromatic heterocycles. The van der Waals surface area contributed by atoms with E-state index in [1.165, 1.54) is 12.1 Å². The van der Waals surface area contributed by atoms with Crippen molar-refractivity contribution in [2.75, 3.05) is 6.61 Å². The van der Waals surface area contributed by atoms with E-state index in [2.05, 4.69) is 9.47 Å². The van der Waals surface area contributed by atoms with Crippen molar-refractivity contribution in [1.82, 2.24) is 0 Å². The first-order valence-electron chi connectivity index (χ1n) is 5.41. The maximum atomic E-state index is 12.4. The van der Waals surface area contributed by atoms with E-state index < -0.39 is 24.5 Å². The second-order valence-electron chi connectivity index (χ2n) is 3.54. The summed E-state index contributed by atoms with van der Waals surface area (Å²) in [6, 6.07) is 4.39. The molecule has 0 saturated carbocycles. The first-order chi connectivity index (χ1) is 9.28. The van der Waals surface area contributed by atoms with Crippen molar-refractivity contribution in [3.05, 3.63) is 26.8 Å². The van der Waals surface area contributed by atoms with E-state index in [0.29, 0.717) is 0 Å². The number of nitrogens with zero attached hydrogens (tertiary/aromatic N) is 1. The third kappa shape index (κ3) is 4.56. The van der Waals surface area contributed by atoms with Crippen LogP contribution in [0.4, 0.5) is 13.2 Å². The highest BCUT2D eigenvalue weighted by atomic mass is 127. The normalized spacial score (nSPS) is 10.8. The van der Waals surface area contributed by atoms with Crippen molar-refractivity contribution >= 4 is 28.6 Å². The Morgan fingerprint density at radius 3 is 2.60 bits per heavy atom. The molecular weight excluding hydrogens is 390 g/mol. The smallest absolute Gasteiger partial charge is 0.466 e. The first kappa shape index (κ1) is 16.6. The molecule has 0 spiro atoms. The monoisotopic (exact) mass is 399 g/mol. The van der Waals surface area contributed by atoms with Gasteiger partial charge in [-0.3, -0.25) is 4.79 Å². The van der Waals surface area contributed by atoms with Gasteiger partial charge in [-0.15, -0.1) is 13.2 Å². The molecule has 108 valence electrons. The Bertz CT molecular complexity index is 552. The third-order valence-electron chi connectivity index (χ3n) is 2.18. The zero-order chi connectivity index (χ0) is 15.3. The number of alkyl halides is 3. The summed E-state index contributed by atoms with van der Waals surface area (Å²) in [7, 11) is 0. The van der Waals surface area contributed by atoms with Gasteiger partial charge in [0.1, 0.15) is 5.75 Å². The standard InChI is InChI=1S/C12H9F3INO3/c1-2-19-10(18)5-8-7(6-17)3-4-9(16)11(8)20-12(13,14)15/h3-4H,2,5H2,1H3. The second kappa shape index (κ2) is 6.78. The van der Waals surface area contributed by atoms with Crippen LogP contribution in [0.5, 0.6) is 5.75 Å². The molecule has 1 aromatic carbocycles. The predicted molar refractivity (Wildman–Crippen MR) is 70.9 cm³/mol. The molecule has 0 amide bonds. The molecule has 1 rings (SSSR count). The van der Waals surface area contributed by atoms with E-state index >= 15 is 0 Å². The minimum absolute atomic E-state index is 0.0577. The molecular formula is C12H9F3INO3. The van der Waals surface area contributed by atoms with Gasteiger partial charge in [0.05, 0.1) is 28.2 Å². The van der Waals surface area contributed by atoms with Crippen LogP contribution in [0.15, 0.2) is 12.1 Å². The molecule has 0 aliphatic heterocycles. The molecule has 0 unspecified atom stereocenters. The van der Waals surface area contributed by atoms with Gasteiger partial charge in [0, 0.05) is 5.56 Å². The van der Waals surface area contributed by atoms with Crippen LogP contribution in [-0.4, -0.2) is 18.9 Å². The number of rotatable bonds is 4. The lowest BCUT2D eigenvalue weighted by atomic mass is 10.0. The average Bonchev–Trinajstić information content (AvgIpc) is 2.33. The highest BCUT2D eigenvalue weighted by Crippen LogP contribution is 2.33. The molecule has 0 aliphatic carbocycles. The van der Waals surface area contributed by atoms with Gasteiger partial charge in [0.25, 0.3) is 0 Å².